The molecule has 3 aromatic carbocycles. The van der Waals surface area contributed by atoms with Gasteiger partial charge in [0.25, 0.3) is 5.56 Å². The average Bonchev–Trinajstić information content (AvgIpc) is 3.18. The molecule has 0 bridgehead atoms. The molecule has 0 spiro atoms. The Morgan fingerprint density at radius 2 is 1.68 bits per heavy atom. The zero-order valence-electron chi connectivity index (χ0n) is 22.4. The first-order valence-electron chi connectivity index (χ1n) is 12.3. The fourth-order valence-electron chi connectivity index (χ4n) is 3.92. The largest absolute Gasteiger partial charge is 0.493 e. The molecule has 0 radical (unpaired) electrons. The van der Waals surface area contributed by atoms with Crippen molar-refractivity contribution in [3.8, 4) is 17.2 Å². The molecular formula is C29H28ClN5O5. The molecule has 1 aromatic heterocycles. The van der Waals surface area contributed by atoms with Gasteiger partial charge < -0.3 is 14.8 Å². The van der Waals surface area contributed by atoms with Crippen LogP contribution in [0.3, 0.4) is 0 Å². The quantitative estimate of drug-likeness (QED) is 0.190. The van der Waals surface area contributed by atoms with E-state index in [9.17, 15) is 14.4 Å². The summed E-state index contributed by atoms with van der Waals surface area (Å²) in [7, 11) is 3.20. The van der Waals surface area contributed by atoms with Crippen molar-refractivity contribution in [1.82, 2.24) is 14.8 Å². The lowest BCUT2D eigenvalue weighted by molar-refractivity contribution is -0.136. The Morgan fingerprint density at radius 3 is 2.38 bits per heavy atom. The molecule has 11 heteroatoms. The summed E-state index contributed by atoms with van der Waals surface area (Å²) in [4.78, 5) is 38.1. The maximum absolute atomic E-state index is 13.0. The Kier molecular flexibility index (Phi) is 8.70. The first kappa shape index (κ1) is 28.2. The number of carbonyl (C=O) groups excluding carboxylic acids is 2. The van der Waals surface area contributed by atoms with Gasteiger partial charge in [-0.3, -0.25) is 19.1 Å². The minimum Gasteiger partial charge on any atom is -0.493 e. The van der Waals surface area contributed by atoms with Gasteiger partial charge in [0.1, 0.15) is 12.3 Å². The highest BCUT2D eigenvalue weighted by molar-refractivity contribution is 6.39. The SMILES string of the molecule is COc1cc(/C(C)=N/NC(=O)C(=O)Nc2c(C)n(C)n(-c3ccccc3)c2=O)ccc1OCc1ccccc1Cl. The van der Waals surface area contributed by atoms with E-state index in [0.717, 1.165) is 5.56 Å². The van der Waals surface area contributed by atoms with E-state index < -0.39 is 17.4 Å². The molecule has 0 atom stereocenters. The number of halogens is 1. The second-order valence-electron chi connectivity index (χ2n) is 8.77. The number of nitrogens with one attached hydrogen (secondary N) is 2. The van der Waals surface area contributed by atoms with E-state index in [1.54, 1.807) is 74.1 Å². The molecule has 0 aliphatic carbocycles. The topological polar surface area (TPSA) is 116 Å². The second-order valence-corrected chi connectivity index (χ2v) is 9.18. The number of hydrogen-bond acceptors (Lipinski definition) is 6. The van der Waals surface area contributed by atoms with Gasteiger partial charge in [0.2, 0.25) is 0 Å². The third kappa shape index (κ3) is 6.08. The molecule has 0 fully saturated rings. The number of rotatable bonds is 8. The molecule has 1 heterocycles. The van der Waals surface area contributed by atoms with Gasteiger partial charge in [-0.15, -0.1) is 0 Å². The number of ether oxygens (including phenoxy) is 2. The van der Waals surface area contributed by atoms with Crippen molar-refractivity contribution in [3.63, 3.8) is 0 Å². The fourth-order valence-corrected chi connectivity index (χ4v) is 4.11. The molecule has 0 aliphatic heterocycles. The third-order valence-electron chi connectivity index (χ3n) is 6.25. The number of aromatic nitrogens is 2. The lowest BCUT2D eigenvalue weighted by atomic mass is 10.1. The molecule has 0 aliphatic rings. The summed E-state index contributed by atoms with van der Waals surface area (Å²) >= 11 is 6.20. The number of anilines is 1. The number of nitrogens with zero attached hydrogens (tertiary/aromatic N) is 3. The van der Waals surface area contributed by atoms with Crippen LogP contribution >= 0.6 is 11.6 Å². The number of hydrogen-bond donors (Lipinski definition) is 2. The zero-order valence-corrected chi connectivity index (χ0v) is 23.2. The number of methoxy groups -OCH3 is 1. The van der Waals surface area contributed by atoms with E-state index in [4.69, 9.17) is 21.1 Å². The van der Waals surface area contributed by atoms with Crippen LogP contribution in [-0.4, -0.2) is 34.0 Å². The van der Waals surface area contributed by atoms with Gasteiger partial charge in [0, 0.05) is 23.2 Å². The Labute approximate surface area is 235 Å². The summed E-state index contributed by atoms with van der Waals surface area (Å²) in [6.07, 6.45) is 0. The van der Waals surface area contributed by atoms with Crippen molar-refractivity contribution < 1.29 is 19.1 Å². The lowest BCUT2D eigenvalue weighted by Gasteiger charge is -2.13. The van der Waals surface area contributed by atoms with Crippen LogP contribution in [-0.2, 0) is 23.2 Å². The summed E-state index contributed by atoms with van der Waals surface area (Å²) in [5.74, 6) is -1.09. The van der Waals surface area contributed by atoms with Gasteiger partial charge in [-0.25, -0.2) is 10.1 Å². The number of hydrazone groups is 1. The van der Waals surface area contributed by atoms with Crippen molar-refractivity contribution in [3.05, 3.63) is 105 Å². The average molecular weight is 562 g/mol. The van der Waals surface area contributed by atoms with E-state index in [0.29, 0.717) is 39.2 Å². The molecule has 0 saturated heterocycles. The van der Waals surface area contributed by atoms with Crippen LogP contribution in [0.2, 0.25) is 5.02 Å². The summed E-state index contributed by atoms with van der Waals surface area (Å²) < 4.78 is 14.3. The van der Waals surface area contributed by atoms with Gasteiger partial charge in [0.05, 0.1) is 24.2 Å². The molecule has 40 heavy (non-hydrogen) atoms. The van der Waals surface area contributed by atoms with Crippen LogP contribution in [0.4, 0.5) is 5.69 Å². The van der Waals surface area contributed by atoms with Gasteiger partial charge in [0.15, 0.2) is 11.5 Å². The number of carbonyl (C=O) groups is 2. The van der Waals surface area contributed by atoms with E-state index in [-0.39, 0.29) is 12.3 Å². The molecule has 4 aromatic rings. The van der Waals surface area contributed by atoms with Crippen molar-refractivity contribution in [2.24, 2.45) is 12.1 Å². The van der Waals surface area contributed by atoms with Crippen LogP contribution < -0.4 is 25.8 Å². The summed E-state index contributed by atoms with van der Waals surface area (Å²) in [6, 6.07) is 21.5. The molecule has 0 unspecified atom stereocenters. The molecule has 206 valence electrons. The van der Waals surface area contributed by atoms with E-state index in [1.807, 2.05) is 24.3 Å². The second kappa shape index (κ2) is 12.4. The fraction of sp³-hybridized carbons (Fsp3) is 0.172. The smallest absolute Gasteiger partial charge is 0.329 e. The van der Waals surface area contributed by atoms with Crippen LogP contribution in [0.1, 0.15) is 23.7 Å². The van der Waals surface area contributed by atoms with Crippen molar-refractivity contribution in [2.75, 3.05) is 12.4 Å². The zero-order chi connectivity index (χ0) is 28.8. The first-order valence-corrected chi connectivity index (χ1v) is 12.6. The molecule has 2 amide bonds. The number of amides is 2. The number of para-hydroxylation sites is 1. The molecule has 10 nitrogen and oxygen atoms in total. The predicted molar refractivity (Wildman–Crippen MR) is 154 cm³/mol. The number of benzene rings is 3. The van der Waals surface area contributed by atoms with Crippen LogP contribution in [0.25, 0.3) is 5.69 Å². The highest BCUT2D eigenvalue weighted by atomic mass is 35.5. The normalized spacial score (nSPS) is 11.2. The standard InChI is InChI=1S/C29H28ClN5O5/c1-18(20-14-15-24(25(16-20)39-4)40-17-21-10-8-9-13-23(21)30)32-33-28(37)27(36)31-26-19(2)34(3)35(29(26)38)22-11-6-5-7-12-22/h5-16H,17H2,1-4H3,(H,31,36)(H,33,37)/b32-18+. The van der Waals surface area contributed by atoms with Crippen LogP contribution in [0.5, 0.6) is 11.5 Å². The Bertz CT molecular complexity index is 1640. The minimum atomic E-state index is -1.03. The van der Waals surface area contributed by atoms with Gasteiger partial charge >= 0.3 is 11.8 Å². The monoisotopic (exact) mass is 561 g/mol. The Hall–Kier alpha value is -4.83. The molecular weight excluding hydrogens is 534 g/mol. The molecule has 0 saturated carbocycles. The summed E-state index contributed by atoms with van der Waals surface area (Å²) in [6.45, 7) is 3.59. The Morgan fingerprint density at radius 1 is 0.975 bits per heavy atom. The summed E-state index contributed by atoms with van der Waals surface area (Å²) in [5, 5.41) is 7.05. The maximum Gasteiger partial charge on any atom is 0.329 e. The van der Waals surface area contributed by atoms with Crippen molar-refractivity contribution in [1.29, 1.82) is 0 Å². The first-order chi connectivity index (χ1) is 19.2. The van der Waals surface area contributed by atoms with E-state index in [1.165, 1.54) is 11.8 Å². The highest BCUT2D eigenvalue weighted by Gasteiger charge is 2.21. The maximum atomic E-state index is 13.0. The van der Waals surface area contributed by atoms with Crippen LogP contribution in [0.15, 0.2) is 82.7 Å². The summed E-state index contributed by atoms with van der Waals surface area (Å²) in [5.41, 5.74) is 4.76. The predicted octanol–water partition coefficient (Wildman–Crippen LogP) is 4.20. The van der Waals surface area contributed by atoms with Crippen molar-refractivity contribution >= 4 is 34.8 Å². The molecule has 4 rings (SSSR count). The van der Waals surface area contributed by atoms with Crippen LogP contribution in [0, 0.1) is 6.92 Å². The van der Waals surface area contributed by atoms with E-state index in [2.05, 4.69) is 15.8 Å². The Balaban J connectivity index is 1.43. The van der Waals surface area contributed by atoms with Gasteiger partial charge in [-0.05, 0) is 50.2 Å². The van der Waals surface area contributed by atoms with Gasteiger partial charge in [-0.2, -0.15) is 5.10 Å². The minimum absolute atomic E-state index is 0.00400. The molecule has 2 N–H and O–H groups in total. The van der Waals surface area contributed by atoms with Crippen molar-refractivity contribution in [2.45, 2.75) is 20.5 Å². The third-order valence-corrected chi connectivity index (χ3v) is 6.62. The van der Waals surface area contributed by atoms with E-state index >= 15 is 0 Å². The lowest BCUT2D eigenvalue weighted by Crippen LogP contribution is -2.34. The highest BCUT2D eigenvalue weighted by Crippen LogP contribution is 2.30. The van der Waals surface area contributed by atoms with Gasteiger partial charge in [-0.1, -0.05) is 48.0 Å².